The number of carbonyl (C=O) groups excluding carboxylic acids is 1. The van der Waals surface area contributed by atoms with E-state index in [9.17, 15) is 9.59 Å². The zero-order chi connectivity index (χ0) is 15.8. The fourth-order valence-corrected chi connectivity index (χ4v) is 2.03. The van der Waals surface area contributed by atoms with Crippen LogP contribution >= 0.6 is 0 Å². The first-order valence-electron chi connectivity index (χ1n) is 6.88. The Bertz CT molecular complexity index is 496. The molecule has 2 amide bonds. The molecule has 1 aromatic carbocycles. The molecular formula is C15H22N2O4. The molecule has 0 saturated heterocycles. The molecule has 6 heteroatoms. The molecule has 116 valence electrons. The molecule has 0 aliphatic heterocycles. The van der Waals surface area contributed by atoms with Gasteiger partial charge in [-0.15, -0.1) is 0 Å². The fourth-order valence-electron chi connectivity index (χ4n) is 2.03. The fraction of sp³-hybridized carbons (Fsp3) is 0.467. The third-order valence-electron chi connectivity index (χ3n) is 3.07. The second-order valence-electron chi connectivity index (χ2n) is 4.87. The van der Waals surface area contributed by atoms with Gasteiger partial charge in [0.15, 0.2) is 0 Å². The first-order chi connectivity index (χ1) is 9.97. The van der Waals surface area contributed by atoms with Gasteiger partial charge in [-0.3, -0.25) is 0 Å². The molecule has 0 radical (unpaired) electrons. The maximum Gasteiger partial charge on any atom is 0.336 e. The lowest BCUT2D eigenvalue weighted by Gasteiger charge is -2.17. The van der Waals surface area contributed by atoms with E-state index in [0.29, 0.717) is 17.9 Å². The number of anilines is 1. The Hall–Kier alpha value is -2.08. The lowest BCUT2D eigenvalue weighted by molar-refractivity contribution is 0.0696. The lowest BCUT2D eigenvalue weighted by Crippen LogP contribution is -2.40. The molecule has 1 rings (SSSR count). The van der Waals surface area contributed by atoms with Gasteiger partial charge in [-0.1, -0.05) is 19.4 Å². The van der Waals surface area contributed by atoms with E-state index in [1.54, 1.807) is 26.2 Å². The van der Waals surface area contributed by atoms with Crippen LogP contribution in [0.15, 0.2) is 18.2 Å². The van der Waals surface area contributed by atoms with Gasteiger partial charge >= 0.3 is 12.0 Å². The number of rotatable bonds is 7. The summed E-state index contributed by atoms with van der Waals surface area (Å²) < 4.78 is 5.05. The van der Waals surface area contributed by atoms with Crippen molar-refractivity contribution in [1.29, 1.82) is 0 Å². The summed E-state index contributed by atoms with van der Waals surface area (Å²) in [4.78, 5) is 23.0. The Labute approximate surface area is 124 Å². The molecule has 21 heavy (non-hydrogen) atoms. The van der Waals surface area contributed by atoms with Crippen LogP contribution in [0.4, 0.5) is 10.5 Å². The smallest absolute Gasteiger partial charge is 0.336 e. The Morgan fingerprint density at radius 3 is 2.67 bits per heavy atom. The van der Waals surface area contributed by atoms with E-state index in [4.69, 9.17) is 9.84 Å². The zero-order valence-electron chi connectivity index (χ0n) is 12.6. The van der Waals surface area contributed by atoms with E-state index >= 15 is 0 Å². The first kappa shape index (κ1) is 17.0. The standard InChI is InChI=1S/C15H22N2O4/c1-4-5-12(9-21-3)17-15(20)16-11-7-6-10(2)13(8-11)14(18)19/h6-8,12H,4-5,9H2,1-3H3,(H,18,19)(H2,16,17,20). The maximum absolute atomic E-state index is 11.9. The summed E-state index contributed by atoms with van der Waals surface area (Å²) in [6.07, 6.45) is 1.75. The second kappa shape index (κ2) is 8.26. The summed E-state index contributed by atoms with van der Waals surface area (Å²) in [6.45, 7) is 4.18. The van der Waals surface area contributed by atoms with E-state index in [1.165, 1.54) is 6.07 Å². The van der Waals surface area contributed by atoms with Gasteiger partial charge in [-0.25, -0.2) is 9.59 Å². The summed E-state index contributed by atoms with van der Waals surface area (Å²) in [5.74, 6) is -1.01. The number of amides is 2. The van der Waals surface area contributed by atoms with E-state index in [1.807, 2.05) is 6.92 Å². The molecule has 0 aliphatic rings. The van der Waals surface area contributed by atoms with Crippen molar-refractivity contribution in [2.24, 2.45) is 0 Å². The summed E-state index contributed by atoms with van der Waals surface area (Å²) in [5, 5.41) is 14.5. The van der Waals surface area contributed by atoms with Crippen LogP contribution in [-0.2, 0) is 4.74 Å². The van der Waals surface area contributed by atoms with Crippen molar-refractivity contribution in [3.8, 4) is 0 Å². The van der Waals surface area contributed by atoms with Crippen LogP contribution in [0.5, 0.6) is 0 Å². The minimum atomic E-state index is -1.01. The summed E-state index contributed by atoms with van der Waals surface area (Å²) in [5.41, 5.74) is 1.27. The molecule has 1 unspecified atom stereocenters. The number of ether oxygens (including phenoxy) is 1. The Kier molecular flexibility index (Phi) is 6.68. The molecule has 1 aromatic rings. The van der Waals surface area contributed by atoms with Crippen molar-refractivity contribution in [1.82, 2.24) is 5.32 Å². The third-order valence-corrected chi connectivity index (χ3v) is 3.07. The van der Waals surface area contributed by atoms with Crippen molar-refractivity contribution in [3.63, 3.8) is 0 Å². The van der Waals surface area contributed by atoms with Gasteiger partial charge in [0.25, 0.3) is 0 Å². The molecule has 0 aromatic heterocycles. The van der Waals surface area contributed by atoms with Crippen LogP contribution in [0.3, 0.4) is 0 Å². The largest absolute Gasteiger partial charge is 0.478 e. The number of carboxylic acids is 1. The van der Waals surface area contributed by atoms with Gasteiger partial charge in [-0.05, 0) is 31.0 Å². The van der Waals surface area contributed by atoms with Gasteiger partial charge in [0, 0.05) is 12.8 Å². The molecule has 0 saturated carbocycles. The van der Waals surface area contributed by atoms with E-state index in [0.717, 1.165) is 12.8 Å². The molecule has 3 N–H and O–H groups in total. The van der Waals surface area contributed by atoms with Crippen molar-refractivity contribution in [3.05, 3.63) is 29.3 Å². The van der Waals surface area contributed by atoms with Crippen LogP contribution in [0.2, 0.25) is 0 Å². The van der Waals surface area contributed by atoms with Crippen LogP contribution in [0.1, 0.15) is 35.7 Å². The molecule has 1 atom stereocenters. The zero-order valence-corrected chi connectivity index (χ0v) is 12.6. The Morgan fingerprint density at radius 1 is 1.38 bits per heavy atom. The highest BCUT2D eigenvalue weighted by atomic mass is 16.5. The predicted octanol–water partition coefficient (Wildman–Crippen LogP) is 2.63. The van der Waals surface area contributed by atoms with Gasteiger partial charge in [0.2, 0.25) is 0 Å². The normalized spacial score (nSPS) is 11.8. The number of nitrogens with one attached hydrogen (secondary N) is 2. The molecule has 0 heterocycles. The summed E-state index contributed by atoms with van der Waals surface area (Å²) in [7, 11) is 1.58. The van der Waals surface area contributed by atoms with Crippen LogP contribution < -0.4 is 10.6 Å². The lowest BCUT2D eigenvalue weighted by atomic mass is 10.1. The highest BCUT2D eigenvalue weighted by Crippen LogP contribution is 2.15. The third kappa shape index (κ3) is 5.43. The highest BCUT2D eigenvalue weighted by Gasteiger charge is 2.13. The molecule has 0 fully saturated rings. The van der Waals surface area contributed by atoms with Gasteiger partial charge in [-0.2, -0.15) is 0 Å². The number of carboxylic acid groups (broad SMARTS) is 1. The average molecular weight is 294 g/mol. The molecule has 0 aliphatic carbocycles. The number of carbonyl (C=O) groups is 2. The number of benzene rings is 1. The van der Waals surface area contributed by atoms with Crippen LogP contribution in [-0.4, -0.2) is 36.9 Å². The van der Waals surface area contributed by atoms with Gasteiger partial charge in [0.05, 0.1) is 18.2 Å². The van der Waals surface area contributed by atoms with Crippen molar-refractivity contribution in [2.45, 2.75) is 32.7 Å². The number of aromatic carboxylic acids is 1. The first-order valence-corrected chi connectivity index (χ1v) is 6.88. The molecular weight excluding hydrogens is 272 g/mol. The Balaban J connectivity index is 2.69. The Morgan fingerprint density at radius 2 is 2.10 bits per heavy atom. The molecule has 0 spiro atoms. The number of hydrogen-bond donors (Lipinski definition) is 3. The number of urea groups is 1. The number of hydrogen-bond acceptors (Lipinski definition) is 3. The van der Waals surface area contributed by atoms with Gasteiger partial charge in [0.1, 0.15) is 0 Å². The second-order valence-corrected chi connectivity index (χ2v) is 4.87. The maximum atomic E-state index is 11.9. The quantitative estimate of drug-likeness (QED) is 0.721. The average Bonchev–Trinajstić information content (AvgIpc) is 2.41. The topological polar surface area (TPSA) is 87.7 Å². The van der Waals surface area contributed by atoms with Crippen LogP contribution in [0, 0.1) is 6.92 Å². The monoisotopic (exact) mass is 294 g/mol. The number of aryl methyl sites for hydroxylation is 1. The summed E-state index contributed by atoms with van der Waals surface area (Å²) in [6, 6.07) is 4.35. The minimum Gasteiger partial charge on any atom is -0.478 e. The SMILES string of the molecule is CCCC(COC)NC(=O)Nc1ccc(C)c(C(=O)O)c1. The summed E-state index contributed by atoms with van der Waals surface area (Å²) >= 11 is 0. The van der Waals surface area contributed by atoms with Crippen molar-refractivity contribution < 1.29 is 19.4 Å². The van der Waals surface area contributed by atoms with Gasteiger partial charge < -0.3 is 20.5 Å². The van der Waals surface area contributed by atoms with Crippen molar-refractivity contribution >= 4 is 17.7 Å². The molecule has 0 bridgehead atoms. The highest BCUT2D eigenvalue weighted by molar-refractivity contribution is 5.94. The minimum absolute atomic E-state index is 0.0654. The predicted molar refractivity (Wildman–Crippen MR) is 80.9 cm³/mol. The number of methoxy groups -OCH3 is 1. The van der Waals surface area contributed by atoms with E-state index < -0.39 is 5.97 Å². The van der Waals surface area contributed by atoms with E-state index in [2.05, 4.69) is 10.6 Å². The van der Waals surface area contributed by atoms with E-state index in [-0.39, 0.29) is 17.6 Å². The molecule has 6 nitrogen and oxygen atoms in total. The van der Waals surface area contributed by atoms with Crippen LogP contribution in [0.25, 0.3) is 0 Å². The van der Waals surface area contributed by atoms with Crippen molar-refractivity contribution in [2.75, 3.05) is 19.0 Å².